The predicted octanol–water partition coefficient (Wildman–Crippen LogP) is 2.17. The second kappa shape index (κ2) is 4.53. The molecule has 1 aromatic rings. The predicted molar refractivity (Wildman–Crippen MR) is 50.7 cm³/mol. The Balaban J connectivity index is 3.01. The average Bonchev–Trinajstić information content (AvgIpc) is 2.14. The quantitative estimate of drug-likeness (QED) is 0.816. The molecule has 0 radical (unpaired) electrons. The minimum Gasteiger partial charge on any atom is -0.507 e. The molecule has 0 atom stereocenters. The lowest BCUT2D eigenvalue weighted by molar-refractivity contribution is -0.138. The smallest absolute Gasteiger partial charge is 0.419 e. The van der Waals surface area contributed by atoms with Gasteiger partial charge in [0.15, 0.2) is 0 Å². The highest BCUT2D eigenvalue weighted by molar-refractivity contribution is 5.42. The Bertz CT molecular complexity index is 336. The zero-order valence-corrected chi connectivity index (χ0v) is 8.23. The summed E-state index contributed by atoms with van der Waals surface area (Å²) in [6.45, 7) is 0.523. The van der Waals surface area contributed by atoms with Crippen molar-refractivity contribution in [2.75, 3.05) is 13.6 Å². The molecular weight excluding hydrogens is 207 g/mol. The summed E-state index contributed by atoms with van der Waals surface area (Å²) < 4.78 is 37.1. The minimum absolute atomic E-state index is 0.305. The highest BCUT2D eigenvalue weighted by atomic mass is 19.4. The second-order valence-corrected chi connectivity index (χ2v) is 3.16. The molecular formula is C10H12F3NO. The molecule has 0 unspecified atom stereocenters. The van der Waals surface area contributed by atoms with Crippen LogP contribution in [0.1, 0.15) is 11.1 Å². The molecule has 1 aromatic carbocycles. The van der Waals surface area contributed by atoms with E-state index >= 15 is 0 Å². The van der Waals surface area contributed by atoms with Gasteiger partial charge in [-0.3, -0.25) is 0 Å². The van der Waals surface area contributed by atoms with Crippen molar-refractivity contribution >= 4 is 0 Å². The van der Waals surface area contributed by atoms with Gasteiger partial charge in [0.1, 0.15) is 5.75 Å². The summed E-state index contributed by atoms with van der Waals surface area (Å²) in [7, 11) is 1.70. The normalized spacial score (nSPS) is 11.7. The average molecular weight is 219 g/mol. The van der Waals surface area contributed by atoms with Crippen LogP contribution in [0.4, 0.5) is 13.2 Å². The van der Waals surface area contributed by atoms with Crippen LogP contribution in [0.3, 0.4) is 0 Å². The van der Waals surface area contributed by atoms with Crippen molar-refractivity contribution in [3.63, 3.8) is 0 Å². The topological polar surface area (TPSA) is 32.3 Å². The molecule has 2 nitrogen and oxygen atoms in total. The molecule has 5 heteroatoms. The van der Waals surface area contributed by atoms with Crippen LogP contribution in [0, 0.1) is 0 Å². The van der Waals surface area contributed by atoms with Crippen LogP contribution in [0.2, 0.25) is 0 Å². The lowest BCUT2D eigenvalue weighted by Gasteiger charge is -2.12. The van der Waals surface area contributed by atoms with Crippen molar-refractivity contribution in [2.45, 2.75) is 12.6 Å². The fourth-order valence-corrected chi connectivity index (χ4v) is 1.28. The summed E-state index contributed by atoms with van der Waals surface area (Å²) >= 11 is 0. The molecule has 0 spiro atoms. The number of nitrogens with one attached hydrogen (secondary N) is 1. The van der Waals surface area contributed by atoms with Crippen LogP contribution in [0.15, 0.2) is 18.2 Å². The van der Waals surface area contributed by atoms with Gasteiger partial charge in [-0.05, 0) is 31.6 Å². The van der Waals surface area contributed by atoms with Crippen molar-refractivity contribution in [1.29, 1.82) is 0 Å². The molecule has 0 amide bonds. The summed E-state index contributed by atoms with van der Waals surface area (Å²) in [6.07, 6.45) is -4.13. The fourth-order valence-electron chi connectivity index (χ4n) is 1.28. The van der Waals surface area contributed by atoms with Crippen LogP contribution in [0.5, 0.6) is 5.75 Å². The van der Waals surface area contributed by atoms with E-state index in [9.17, 15) is 18.3 Å². The Kier molecular flexibility index (Phi) is 3.57. The molecule has 0 aliphatic carbocycles. The third-order valence-corrected chi connectivity index (χ3v) is 2.07. The first-order valence-corrected chi connectivity index (χ1v) is 4.49. The van der Waals surface area contributed by atoms with Gasteiger partial charge in [0.25, 0.3) is 0 Å². The molecule has 0 saturated carbocycles. The first kappa shape index (κ1) is 11.8. The van der Waals surface area contributed by atoms with Crippen molar-refractivity contribution < 1.29 is 18.3 Å². The van der Waals surface area contributed by atoms with E-state index in [0.29, 0.717) is 18.5 Å². The maximum Gasteiger partial charge on any atom is 0.419 e. The molecule has 0 saturated heterocycles. The first-order valence-electron chi connectivity index (χ1n) is 4.49. The lowest BCUT2D eigenvalue weighted by atomic mass is 10.1. The summed E-state index contributed by atoms with van der Waals surface area (Å²) in [5, 5.41) is 12.2. The standard InChI is InChI=1S/C10H12F3NO/c1-14-6-5-7-3-2-4-8(9(7)15)10(11,12)13/h2-4,14-15H,5-6H2,1H3. The summed E-state index contributed by atoms with van der Waals surface area (Å²) in [5.74, 6) is -0.666. The molecule has 84 valence electrons. The fraction of sp³-hybridized carbons (Fsp3) is 0.400. The number of hydrogen-bond donors (Lipinski definition) is 2. The van der Waals surface area contributed by atoms with Gasteiger partial charge in [-0.25, -0.2) is 0 Å². The number of para-hydroxylation sites is 1. The zero-order valence-electron chi connectivity index (χ0n) is 8.23. The second-order valence-electron chi connectivity index (χ2n) is 3.16. The lowest BCUT2D eigenvalue weighted by Crippen LogP contribution is -2.12. The number of benzene rings is 1. The van der Waals surface area contributed by atoms with Crippen molar-refractivity contribution in [3.8, 4) is 5.75 Å². The third kappa shape index (κ3) is 2.86. The number of phenolic OH excluding ortho intramolecular Hbond substituents is 1. The van der Waals surface area contributed by atoms with Crippen molar-refractivity contribution in [3.05, 3.63) is 29.3 Å². The number of rotatable bonds is 3. The summed E-state index contributed by atoms with van der Waals surface area (Å²) in [6, 6.07) is 3.66. The van der Waals surface area contributed by atoms with E-state index in [1.165, 1.54) is 12.1 Å². The van der Waals surface area contributed by atoms with Crippen LogP contribution in [0.25, 0.3) is 0 Å². The Labute approximate surface area is 85.7 Å². The van der Waals surface area contributed by atoms with E-state index < -0.39 is 17.5 Å². The van der Waals surface area contributed by atoms with E-state index in [2.05, 4.69) is 5.32 Å². The largest absolute Gasteiger partial charge is 0.507 e. The van der Waals surface area contributed by atoms with Gasteiger partial charge in [0, 0.05) is 0 Å². The Morgan fingerprint density at radius 2 is 2.00 bits per heavy atom. The first-order chi connectivity index (χ1) is 6.96. The van der Waals surface area contributed by atoms with Crippen LogP contribution in [-0.4, -0.2) is 18.7 Å². The number of halogens is 3. The van der Waals surface area contributed by atoms with Gasteiger partial charge >= 0.3 is 6.18 Å². The molecule has 0 aliphatic rings. The van der Waals surface area contributed by atoms with E-state index in [-0.39, 0.29) is 0 Å². The highest BCUT2D eigenvalue weighted by Crippen LogP contribution is 2.37. The van der Waals surface area contributed by atoms with Gasteiger partial charge in [-0.15, -0.1) is 0 Å². The van der Waals surface area contributed by atoms with E-state index in [1.807, 2.05) is 0 Å². The molecule has 1 rings (SSSR count). The number of likely N-dealkylation sites (N-methyl/N-ethyl adjacent to an activating group) is 1. The molecule has 15 heavy (non-hydrogen) atoms. The molecule has 0 fully saturated rings. The summed E-state index contributed by atoms with van der Waals surface area (Å²) in [4.78, 5) is 0. The highest BCUT2D eigenvalue weighted by Gasteiger charge is 2.34. The molecule has 0 aromatic heterocycles. The monoisotopic (exact) mass is 219 g/mol. The SMILES string of the molecule is CNCCc1cccc(C(F)(F)F)c1O. The maximum absolute atomic E-state index is 12.4. The van der Waals surface area contributed by atoms with Crippen LogP contribution >= 0.6 is 0 Å². The van der Waals surface area contributed by atoms with E-state index in [1.54, 1.807) is 7.05 Å². The summed E-state index contributed by atoms with van der Waals surface area (Å²) in [5.41, 5.74) is -0.671. The number of alkyl halides is 3. The minimum atomic E-state index is -4.50. The maximum atomic E-state index is 12.4. The van der Waals surface area contributed by atoms with Gasteiger partial charge in [0.2, 0.25) is 0 Å². The van der Waals surface area contributed by atoms with E-state index in [0.717, 1.165) is 6.07 Å². The van der Waals surface area contributed by atoms with E-state index in [4.69, 9.17) is 0 Å². The number of hydrogen-bond acceptors (Lipinski definition) is 2. The number of aromatic hydroxyl groups is 1. The van der Waals surface area contributed by atoms with Gasteiger partial charge < -0.3 is 10.4 Å². The Morgan fingerprint density at radius 3 is 2.53 bits per heavy atom. The Morgan fingerprint density at radius 1 is 1.33 bits per heavy atom. The third-order valence-electron chi connectivity index (χ3n) is 2.07. The molecule has 0 aliphatic heterocycles. The van der Waals surface area contributed by atoms with Crippen LogP contribution in [-0.2, 0) is 12.6 Å². The van der Waals surface area contributed by atoms with Gasteiger partial charge in [0.05, 0.1) is 5.56 Å². The van der Waals surface area contributed by atoms with Gasteiger partial charge in [-0.1, -0.05) is 12.1 Å². The van der Waals surface area contributed by atoms with Crippen LogP contribution < -0.4 is 5.32 Å². The zero-order chi connectivity index (χ0) is 11.5. The molecule has 0 bridgehead atoms. The van der Waals surface area contributed by atoms with Crippen molar-refractivity contribution in [1.82, 2.24) is 5.32 Å². The van der Waals surface area contributed by atoms with Gasteiger partial charge in [-0.2, -0.15) is 13.2 Å². The molecule has 0 heterocycles. The van der Waals surface area contributed by atoms with Crippen molar-refractivity contribution in [2.24, 2.45) is 0 Å². The number of phenols is 1. The molecule has 2 N–H and O–H groups in total. The Hall–Kier alpha value is -1.23.